The second kappa shape index (κ2) is 30.8. The van der Waals surface area contributed by atoms with E-state index in [2.05, 4.69) is 0 Å². The molecule has 0 aliphatic heterocycles. The number of halogens is 1. The smallest absolute Gasteiger partial charge is 0.907 e. The van der Waals surface area contributed by atoms with Gasteiger partial charge in [0.1, 0.15) is 0 Å². The van der Waals surface area contributed by atoms with E-state index in [4.69, 9.17) is 24.9 Å². The van der Waals surface area contributed by atoms with Crippen LogP contribution in [0, 0.1) is 0 Å². The van der Waals surface area contributed by atoms with Crippen LogP contribution in [0.1, 0.15) is 0 Å². The molecule has 0 aliphatic rings. The quantitative estimate of drug-likeness (QED) is 0.360. The summed E-state index contributed by atoms with van der Waals surface area (Å²) in [5.74, 6) is 0. The van der Waals surface area contributed by atoms with E-state index < -0.39 is 7.32 Å². The van der Waals surface area contributed by atoms with Gasteiger partial charge in [-0.2, -0.15) is 0 Å². The van der Waals surface area contributed by atoms with Crippen molar-refractivity contribution in [2.24, 2.45) is 0 Å². The van der Waals surface area contributed by atoms with Crippen molar-refractivity contribution < 1.29 is 114 Å². The average molecular weight is 164 g/mol. The maximum atomic E-state index is 8.50. The first-order valence-corrected chi connectivity index (χ1v) is 0.876. The van der Waals surface area contributed by atoms with Gasteiger partial charge in [0, 0.05) is 0 Å². The Hall–Kier alpha value is 2.83. The Labute approximate surface area is 119 Å². The minimum absolute atomic E-state index is 0. The van der Waals surface area contributed by atoms with E-state index in [9.17, 15) is 0 Å². The zero-order valence-electron chi connectivity index (χ0n) is 5.63. The molecule has 0 aromatic rings. The van der Waals surface area contributed by atoms with Crippen LogP contribution in [0.2, 0.25) is 0 Å². The average Bonchev–Trinajstić information content (AvgIpc) is 1.41. The van der Waals surface area contributed by atoms with E-state index in [0.717, 1.165) is 0 Å². The van der Waals surface area contributed by atoms with Crippen LogP contribution in [-0.4, -0.2) is 12.6 Å². The summed E-state index contributed by atoms with van der Waals surface area (Å²) in [4.78, 5) is 0. The Morgan fingerprint density at radius 2 is 0.889 bits per heavy atom. The molecule has 9 heteroatoms. The van der Waals surface area contributed by atoms with Gasteiger partial charge < -0.3 is 15.1 Å². The Morgan fingerprint density at radius 3 is 0.889 bits per heavy atom. The summed E-state index contributed by atoms with van der Waals surface area (Å²) < 4.78 is 8.50. The molecule has 38 valence electrons. The molecule has 9 heavy (non-hydrogen) atoms. The maximum Gasteiger partial charge on any atom is 1.00 e. The van der Waals surface area contributed by atoms with Crippen molar-refractivity contribution in [1.82, 2.24) is 0 Å². The molecule has 0 spiro atoms. The van der Waals surface area contributed by atoms with Crippen molar-refractivity contribution in [3.63, 3.8) is 0 Å². The third-order valence-electron chi connectivity index (χ3n) is 0. The summed E-state index contributed by atoms with van der Waals surface area (Å²) in [6.07, 6.45) is 0. The summed E-state index contributed by atoms with van der Waals surface area (Å²) in [5.41, 5.74) is 0. The molecule has 0 aromatic carbocycles. The first kappa shape index (κ1) is 29.7. The molecule has 0 saturated heterocycles. The van der Waals surface area contributed by atoms with Gasteiger partial charge in [0.25, 0.3) is 0 Å². The third kappa shape index (κ3) is 105. The van der Waals surface area contributed by atoms with Crippen LogP contribution in [-0.2, 0) is 0 Å². The molecule has 0 unspecified atom stereocenters. The minimum atomic E-state index is -2.92. The van der Waals surface area contributed by atoms with Crippen LogP contribution in [0.5, 0.6) is 0 Å². The monoisotopic (exact) mass is 164 g/mol. The largest absolute Gasteiger partial charge is 1.00 e. The van der Waals surface area contributed by atoms with Crippen molar-refractivity contribution >= 4 is 7.32 Å². The van der Waals surface area contributed by atoms with Crippen LogP contribution in [0.25, 0.3) is 0 Å². The topological polar surface area (TPSA) is 89.4 Å². The van der Waals surface area contributed by atoms with Gasteiger partial charge in [-0.3, -0.25) is 7.32 Å². The molecule has 0 bridgehead atoms. The normalized spacial score (nSPS) is 3.67. The van der Waals surface area contributed by atoms with Gasteiger partial charge >= 0.3 is 88.7 Å². The molecule has 0 fully saturated rings. The summed E-state index contributed by atoms with van der Waals surface area (Å²) in [6, 6.07) is 0. The van der Waals surface area contributed by atoms with E-state index in [-0.39, 0.29) is 88.7 Å². The third-order valence-corrected chi connectivity index (χ3v) is 0. The summed E-state index contributed by atoms with van der Waals surface area (Å²) >= 11 is 0. The van der Waals surface area contributed by atoms with Gasteiger partial charge in [-0.1, -0.05) is 4.53 Å². The molecular formula is HBFNa3O4. The molecule has 0 amide bonds. The van der Waals surface area contributed by atoms with Gasteiger partial charge in [0.15, 0.2) is 0 Å². The van der Waals surface area contributed by atoms with E-state index in [0.29, 0.717) is 0 Å². The Bertz CT molecular complexity index is 20.5. The summed E-state index contributed by atoms with van der Waals surface area (Å²) in [5, 5.41) is 30.8. The molecule has 0 atom stereocenters. The van der Waals surface area contributed by atoms with Crippen LogP contribution >= 0.6 is 0 Å². The summed E-state index contributed by atoms with van der Waals surface area (Å²) in [7, 11) is -2.92. The van der Waals surface area contributed by atoms with E-state index in [1.54, 1.807) is 0 Å². The van der Waals surface area contributed by atoms with Crippen molar-refractivity contribution in [2.45, 2.75) is 0 Å². The van der Waals surface area contributed by atoms with Crippen LogP contribution < -0.4 is 104 Å². The molecule has 0 aromatic heterocycles. The molecule has 4 nitrogen and oxygen atoms in total. The van der Waals surface area contributed by atoms with E-state index in [1.807, 2.05) is 0 Å². The van der Waals surface area contributed by atoms with Gasteiger partial charge in [0.2, 0.25) is 0 Å². The zero-order chi connectivity index (χ0) is 5.58. The second-order valence-corrected chi connectivity index (χ2v) is 0.289. The molecule has 0 rings (SSSR count). The van der Waals surface area contributed by atoms with Crippen molar-refractivity contribution in [2.75, 3.05) is 0 Å². The molecular weight excluding hydrogens is 163 g/mol. The molecule has 1 N–H and O–H groups in total. The Balaban J connectivity index is -0.00000000990. The fourth-order valence-electron chi connectivity index (χ4n) is 0. The van der Waals surface area contributed by atoms with Crippen LogP contribution in [0.3, 0.4) is 0 Å². The number of rotatable bonds is 0. The van der Waals surface area contributed by atoms with Gasteiger partial charge in [-0.15, -0.1) is 0 Å². The van der Waals surface area contributed by atoms with Gasteiger partial charge in [0.05, 0.1) is 0 Å². The number of hydrogen-bond donors (Lipinski definition) is 1. The van der Waals surface area contributed by atoms with Crippen molar-refractivity contribution in [1.29, 1.82) is 0 Å². The SMILES string of the molecule is OF.[Na+].[Na+].[Na+].[O-]B([O-])[O-]. The summed E-state index contributed by atoms with van der Waals surface area (Å²) in [6.45, 7) is 0. The van der Waals surface area contributed by atoms with Crippen LogP contribution in [0.15, 0.2) is 0 Å². The van der Waals surface area contributed by atoms with E-state index >= 15 is 0 Å². The van der Waals surface area contributed by atoms with Crippen molar-refractivity contribution in [3.05, 3.63) is 0 Å². The van der Waals surface area contributed by atoms with Gasteiger partial charge in [-0.05, 0) is 0 Å². The number of hydrogen-bond acceptors (Lipinski definition) is 4. The Kier molecular flexibility index (Phi) is 102. The first-order valence-electron chi connectivity index (χ1n) is 0.876. The minimum Gasteiger partial charge on any atom is -0.907 e. The fourth-order valence-corrected chi connectivity index (χ4v) is 0. The van der Waals surface area contributed by atoms with E-state index in [1.165, 1.54) is 0 Å². The zero-order valence-corrected chi connectivity index (χ0v) is 11.6. The first-order chi connectivity index (χ1) is 2.73. The second-order valence-electron chi connectivity index (χ2n) is 0.289. The standard InChI is InChI=1S/BO3.FHO.3Na/c2-1(3)4;1-2;;;/h;2H;;;/q-3;;3*+1. The van der Waals surface area contributed by atoms with Crippen LogP contribution in [0.4, 0.5) is 4.53 Å². The van der Waals surface area contributed by atoms with Gasteiger partial charge in [-0.25, -0.2) is 5.31 Å². The molecule has 0 saturated carbocycles. The molecule has 0 heterocycles. The maximum absolute atomic E-state index is 8.50. The predicted molar refractivity (Wildman–Crippen MR) is 9.08 cm³/mol. The molecule has 0 radical (unpaired) electrons. The predicted octanol–water partition coefficient (Wildman–Crippen LogP) is -13.1. The molecule has 0 aliphatic carbocycles. The fraction of sp³-hybridized carbons (Fsp3) is 0. The Morgan fingerprint density at radius 1 is 0.889 bits per heavy atom. The van der Waals surface area contributed by atoms with Crippen molar-refractivity contribution in [3.8, 4) is 0 Å².